The number of hydrogen-bond acceptors (Lipinski definition) is 5. The third-order valence-corrected chi connectivity index (χ3v) is 3.86. The summed E-state index contributed by atoms with van der Waals surface area (Å²) in [6, 6.07) is 9.37. The topological polar surface area (TPSA) is 73.9 Å². The Hall–Kier alpha value is -2.44. The first-order valence-electron chi connectivity index (χ1n) is 7.32. The van der Waals surface area contributed by atoms with Gasteiger partial charge in [0.2, 0.25) is 0 Å². The Morgan fingerprint density at radius 2 is 2.04 bits per heavy atom. The molecule has 0 bridgehead atoms. The van der Waals surface area contributed by atoms with E-state index in [4.69, 9.17) is 37.4 Å². The standard InChI is InChI=1S/C17H13Cl2NO5/c1-9(24-14-4-2-10(18)6-12(14)19)17(22)25-11-3-5-15-13(7-11)20-16(21)8-23-15/h2-7,9H,8H2,1H3,(H,20,21). The quantitative estimate of drug-likeness (QED) is 0.645. The molecule has 8 heteroatoms. The van der Waals surface area contributed by atoms with Gasteiger partial charge in [-0.15, -0.1) is 0 Å². The van der Waals surface area contributed by atoms with Crippen molar-refractivity contribution in [1.82, 2.24) is 0 Å². The van der Waals surface area contributed by atoms with Gasteiger partial charge in [0, 0.05) is 11.1 Å². The van der Waals surface area contributed by atoms with Gasteiger partial charge in [-0.05, 0) is 37.3 Å². The molecule has 0 radical (unpaired) electrons. The molecule has 1 unspecified atom stereocenters. The summed E-state index contributed by atoms with van der Waals surface area (Å²) in [5, 5.41) is 3.40. The predicted octanol–water partition coefficient (Wildman–Crippen LogP) is 3.70. The Labute approximate surface area is 153 Å². The van der Waals surface area contributed by atoms with Crippen LogP contribution >= 0.6 is 23.2 Å². The van der Waals surface area contributed by atoms with Gasteiger partial charge in [-0.2, -0.15) is 0 Å². The molecular weight excluding hydrogens is 369 g/mol. The van der Waals surface area contributed by atoms with Gasteiger partial charge in [0.15, 0.2) is 12.7 Å². The van der Waals surface area contributed by atoms with Crippen LogP contribution in [0.15, 0.2) is 36.4 Å². The van der Waals surface area contributed by atoms with Gasteiger partial charge in [0.05, 0.1) is 10.7 Å². The molecule has 1 aliphatic rings. The second-order valence-corrected chi connectivity index (χ2v) is 6.09. The summed E-state index contributed by atoms with van der Waals surface area (Å²) in [6.45, 7) is 1.50. The lowest BCUT2D eigenvalue weighted by Gasteiger charge is -2.19. The highest BCUT2D eigenvalue weighted by Crippen LogP contribution is 2.32. The van der Waals surface area contributed by atoms with E-state index >= 15 is 0 Å². The summed E-state index contributed by atoms with van der Waals surface area (Å²) in [5.41, 5.74) is 0.441. The van der Waals surface area contributed by atoms with E-state index in [1.54, 1.807) is 24.3 Å². The van der Waals surface area contributed by atoms with E-state index in [0.29, 0.717) is 27.2 Å². The van der Waals surface area contributed by atoms with Gasteiger partial charge in [-0.3, -0.25) is 4.79 Å². The zero-order valence-corrected chi connectivity index (χ0v) is 14.6. The first-order valence-corrected chi connectivity index (χ1v) is 8.08. The average Bonchev–Trinajstić information content (AvgIpc) is 2.57. The van der Waals surface area contributed by atoms with E-state index in [-0.39, 0.29) is 18.3 Å². The summed E-state index contributed by atoms with van der Waals surface area (Å²) in [7, 11) is 0. The second-order valence-electron chi connectivity index (χ2n) is 5.25. The molecule has 6 nitrogen and oxygen atoms in total. The van der Waals surface area contributed by atoms with Crippen molar-refractivity contribution in [2.45, 2.75) is 13.0 Å². The van der Waals surface area contributed by atoms with E-state index in [0.717, 1.165) is 0 Å². The molecule has 1 aliphatic heterocycles. The monoisotopic (exact) mass is 381 g/mol. The van der Waals surface area contributed by atoms with E-state index in [2.05, 4.69) is 5.32 Å². The number of anilines is 1. The number of hydrogen-bond donors (Lipinski definition) is 1. The lowest BCUT2D eigenvalue weighted by Crippen LogP contribution is -2.29. The van der Waals surface area contributed by atoms with Crippen molar-refractivity contribution < 1.29 is 23.8 Å². The van der Waals surface area contributed by atoms with Crippen molar-refractivity contribution in [1.29, 1.82) is 0 Å². The number of nitrogens with one attached hydrogen (secondary N) is 1. The maximum Gasteiger partial charge on any atom is 0.352 e. The van der Waals surface area contributed by atoms with Crippen LogP contribution in [-0.4, -0.2) is 24.6 Å². The molecular formula is C17H13Cl2NO5. The van der Waals surface area contributed by atoms with Crippen LogP contribution in [-0.2, 0) is 9.59 Å². The van der Waals surface area contributed by atoms with E-state index in [9.17, 15) is 9.59 Å². The Balaban J connectivity index is 1.67. The molecule has 1 heterocycles. The fourth-order valence-corrected chi connectivity index (χ4v) is 2.59. The zero-order valence-electron chi connectivity index (χ0n) is 13.0. The minimum Gasteiger partial charge on any atom is -0.482 e. The Morgan fingerprint density at radius 1 is 1.24 bits per heavy atom. The lowest BCUT2D eigenvalue weighted by atomic mass is 10.2. The minimum absolute atomic E-state index is 0.0428. The summed E-state index contributed by atoms with van der Waals surface area (Å²) >= 11 is 11.8. The Kier molecular flexibility index (Phi) is 5.01. The zero-order chi connectivity index (χ0) is 18.0. The molecule has 0 aliphatic carbocycles. The molecule has 2 aromatic rings. The molecule has 0 spiro atoms. The van der Waals surface area contributed by atoms with Crippen LogP contribution in [0.5, 0.6) is 17.2 Å². The lowest BCUT2D eigenvalue weighted by molar-refractivity contribution is -0.141. The van der Waals surface area contributed by atoms with Gasteiger partial charge >= 0.3 is 5.97 Å². The third-order valence-electron chi connectivity index (χ3n) is 3.33. The molecule has 0 saturated heterocycles. The number of esters is 1. The number of carbonyl (C=O) groups is 2. The average molecular weight is 382 g/mol. The maximum atomic E-state index is 12.2. The van der Waals surface area contributed by atoms with Gasteiger partial charge in [-0.25, -0.2) is 4.79 Å². The molecule has 1 atom stereocenters. The number of benzene rings is 2. The number of rotatable bonds is 4. The summed E-state index contributed by atoms with van der Waals surface area (Å²) < 4.78 is 16.0. The second kappa shape index (κ2) is 7.21. The predicted molar refractivity (Wildman–Crippen MR) is 92.8 cm³/mol. The van der Waals surface area contributed by atoms with Crippen molar-refractivity contribution in [3.05, 3.63) is 46.4 Å². The minimum atomic E-state index is -0.902. The highest BCUT2D eigenvalue weighted by Gasteiger charge is 2.21. The van der Waals surface area contributed by atoms with Crippen LogP contribution in [0, 0.1) is 0 Å². The summed E-state index contributed by atoms with van der Waals surface area (Å²) in [4.78, 5) is 23.5. The van der Waals surface area contributed by atoms with Crippen LogP contribution in [0.4, 0.5) is 5.69 Å². The molecule has 0 fully saturated rings. The third kappa shape index (κ3) is 4.15. The number of amides is 1. The number of fused-ring (bicyclic) bond motifs is 1. The van der Waals surface area contributed by atoms with Crippen molar-refractivity contribution in [3.8, 4) is 17.2 Å². The largest absolute Gasteiger partial charge is 0.482 e. The van der Waals surface area contributed by atoms with Gasteiger partial charge in [0.1, 0.15) is 17.2 Å². The molecule has 3 rings (SSSR count). The van der Waals surface area contributed by atoms with E-state index in [1.165, 1.54) is 19.1 Å². The van der Waals surface area contributed by atoms with Crippen molar-refractivity contribution in [3.63, 3.8) is 0 Å². The SMILES string of the molecule is CC(Oc1ccc(Cl)cc1Cl)C(=O)Oc1ccc2c(c1)NC(=O)CO2. The summed E-state index contributed by atoms with van der Waals surface area (Å²) in [5.74, 6) is 0.199. The van der Waals surface area contributed by atoms with Crippen molar-refractivity contribution in [2.75, 3.05) is 11.9 Å². The molecule has 0 saturated carbocycles. The normalized spacial score (nSPS) is 14.0. The van der Waals surface area contributed by atoms with Crippen molar-refractivity contribution >= 4 is 40.8 Å². The highest BCUT2D eigenvalue weighted by atomic mass is 35.5. The van der Waals surface area contributed by atoms with E-state index in [1.807, 2.05) is 0 Å². The van der Waals surface area contributed by atoms with Gasteiger partial charge < -0.3 is 19.5 Å². The smallest absolute Gasteiger partial charge is 0.352 e. The van der Waals surface area contributed by atoms with Crippen LogP contribution in [0.25, 0.3) is 0 Å². The van der Waals surface area contributed by atoms with Crippen molar-refractivity contribution in [2.24, 2.45) is 0 Å². The molecule has 0 aromatic heterocycles. The molecule has 2 aromatic carbocycles. The van der Waals surface area contributed by atoms with Gasteiger partial charge in [-0.1, -0.05) is 23.2 Å². The fourth-order valence-electron chi connectivity index (χ4n) is 2.13. The molecule has 25 heavy (non-hydrogen) atoms. The van der Waals surface area contributed by atoms with E-state index < -0.39 is 12.1 Å². The first kappa shape index (κ1) is 17.4. The maximum absolute atomic E-state index is 12.2. The number of ether oxygens (including phenoxy) is 3. The Morgan fingerprint density at radius 3 is 2.80 bits per heavy atom. The fraction of sp³-hybridized carbons (Fsp3) is 0.176. The molecule has 1 amide bonds. The Bertz CT molecular complexity index is 840. The van der Waals surface area contributed by atoms with Crippen LogP contribution in [0.2, 0.25) is 10.0 Å². The van der Waals surface area contributed by atoms with Crippen LogP contribution < -0.4 is 19.5 Å². The molecule has 1 N–H and O–H groups in total. The van der Waals surface area contributed by atoms with Crippen LogP contribution in [0.3, 0.4) is 0 Å². The summed E-state index contributed by atoms with van der Waals surface area (Å²) in [6.07, 6.45) is -0.902. The number of halogens is 2. The highest BCUT2D eigenvalue weighted by molar-refractivity contribution is 6.35. The van der Waals surface area contributed by atoms with Crippen LogP contribution in [0.1, 0.15) is 6.92 Å². The number of carbonyl (C=O) groups excluding carboxylic acids is 2. The van der Waals surface area contributed by atoms with Gasteiger partial charge in [0.25, 0.3) is 5.91 Å². The first-order chi connectivity index (χ1) is 11.9. The molecule has 130 valence electrons.